The van der Waals surface area contributed by atoms with Crippen LogP contribution in [0.15, 0.2) is 0 Å². The Morgan fingerprint density at radius 3 is 1.61 bits per heavy atom. The highest BCUT2D eigenvalue weighted by molar-refractivity contribution is 5.75. The second kappa shape index (κ2) is 2.09. The number of hydrogen-bond donors (Lipinski definition) is 0. The highest BCUT2D eigenvalue weighted by Crippen LogP contribution is 2.93. The topological polar surface area (TPSA) is 26.3 Å². The van der Waals surface area contributed by atoms with Gasteiger partial charge in [0.25, 0.3) is 0 Å². The Hall–Kier alpha value is -0.530. The summed E-state index contributed by atoms with van der Waals surface area (Å²) in [6.45, 7) is 0. The maximum atomic E-state index is 12.2. The zero-order valence-corrected chi connectivity index (χ0v) is 10.5. The molecule has 4 bridgehead atoms. The summed E-state index contributed by atoms with van der Waals surface area (Å²) in [4.78, 5) is 12.2. The number of hydrogen-bond acceptors (Lipinski definition) is 2. The van der Waals surface area contributed by atoms with Gasteiger partial charge in [0, 0.05) is 0 Å². The molecule has 0 aromatic carbocycles. The fourth-order valence-corrected chi connectivity index (χ4v) is 10.0. The van der Waals surface area contributed by atoms with E-state index in [1.165, 1.54) is 0 Å². The normalized spacial score (nSPS) is 81.1. The maximum absolute atomic E-state index is 12.2. The van der Waals surface area contributed by atoms with Crippen LogP contribution in [0.4, 0.5) is 0 Å². The van der Waals surface area contributed by atoms with E-state index in [1.54, 1.807) is 13.5 Å². The first kappa shape index (κ1) is 8.60. The molecule has 0 amide bonds. The van der Waals surface area contributed by atoms with Crippen LogP contribution in [0.2, 0.25) is 0 Å². The van der Waals surface area contributed by atoms with Gasteiger partial charge in [0.2, 0.25) is 0 Å². The van der Waals surface area contributed by atoms with Crippen molar-refractivity contribution < 1.29 is 9.53 Å². The molecule has 0 aliphatic heterocycles. The van der Waals surface area contributed by atoms with E-state index in [1.807, 2.05) is 0 Å². The van der Waals surface area contributed by atoms with Crippen LogP contribution in [0.25, 0.3) is 0 Å². The summed E-state index contributed by atoms with van der Waals surface area (Å²) in [5, 5.41) is 0. The van der Waals surface area contributed by atoms with Gasteiger partial charge < -0.3 is 4.74 Å². The molecule has 8 fully saturated rings. The molecule has 0 aromatic rings. The Morgan fingerprint density at radius 1 is 0.778 bits per heavy atom. The van der Waals surface area contributed by atoms with Crippen LogP contribution < -0.4 is 0 Å². The second-order valence-corrected chi connectivity index (χ2v) is 8.39. The molecule has 0 radical (unpaired) electrons. The monoisotopic (exact) mass is 242 g/mol. The summed E-state index contributed by atoms with van der Waals surface area (Å²) in [7, 11) is 1.60. The first-order valence-electron chi connectivity index (χ1n) is 7.92. The Labute approximate surface area is 106 Å². The number of ether oxygens (including phenoxy) is 1. The summed E-state index contributed by atoms with van der Waals surface area (Å²) in [5.41, 5.74) is 0. The van der Waals surface area contributed by atoms with E-state index in [0.717, 1.165) is 71.0 Å². The average molecular weight is 242 g/mol. The zero-order valence-electron chi connectivity index (χ0n) is 10.5. The summed E-state index contributed by atoms with van der Waals surface area (Å²) < 4.78 is 5.16. The van der Waals surface area contributed by atoms with Crippen molar-refractivity contribution in [1.29, 1.82) is 0 Å². The minimum Gasteiger partial charge on any atom is -0.469 e. The number of carbonyl (C=O) groups is 1. The van der Waals surface area contributed by atoms with Crippen molar-refractivity contribution in [3.63, 3.8) is 0 Å². The molecule has 0 spiro atoms. The molecule has 18 heavy (non-hydrogen) atoms. The van der Waals surface area contributed by atoms with Crippen LogP contribution in [-0.2, 0) is 9.53 Å². The van der Waals surface area contributed by atoms with Gasteiger partial charge in [-0.3, -0.25) is 4.79 Å². The Balaban J connectivity index is 1.53. The van der Waals surface area contributed by atoms with Crippen molar-refractivity contribution in [1.82, 2.24) is 0 Å². The molecule has 0 N–H and O–H groups in total. The lowest BCUT2D eigenvalue weighted by molar-refractivity contribution is -0.147. The molecule has 8 aliphatic carbocycles. The Morgan fingerprint density at radius 2 is 1.22 bits per heavy atom. The molecule has 8 rings (SSSR count). The lowest BCUT2D eigenvalue weighted by Crippen LogP contribution is -2.23. The van der Waals surface area contributed by atoms with Gasteiger partial charge in [-0.2, -0.15) is 0 Å². The smallest absolute Gasteiger partial charge is 0.309 e. The van der Waals surface area contributed by atoms with Gasteiger partial charge in [-0.15, -0.1) is 0 Å². The van der Waals surface area contributed by atoms with E-state index >= 15 is 0 Å². The summed E-state index contributed by atoms with van der Waals surface area (Å²) in [6, 6.07) is 0. The molecule has 0 heterocycles. The highest BCUT2D eigenvalue weighted by atomic mass is 16.5. The highest BCUT2D eigenvalue weighted by Gasteiger charge is 2.91. The van der Waals surface area contributed by atoms with Gasteiger partial charge in [0.05, 0.1) is 13.0 Å². The Kier molecular flexibility index (Phi) is 0.997. The molecule has 2 nitrogen and oxygen atoms in total. The molecule has 8 saturated carbocycles. The quantitative estimate of drug-likeness (QED) is 0.654. The van der Waals surface area contributed by atoms with Gasteiger partial charge in [0.1, 0.15) is 0 Å². The van der Waals surface area contributed by atoms with E-state index in [-0.39, 0.29) is 5.97 Å². The second-order valence-electron chi connectivity index (χ2n) is 8.39. The van der Waals surface area contributed by atoms with Crippen molar-refractivity contribution in [2.45, 2.75) is 6.42 Å². The lowest BCUT2D eigenvalue weighted by atomic mass is 9.80. The fourth-order valence-electron chi connectivity index (χ4n) is 10.0. The third-order valence-corrected chi connectivity index (χ3v) is 9.16. The van der Waals surface area contributed by atoms with Crippen molar-refractivity contribution >= 4 is 5.97 Å². The minimum atomic E-state index is 0.154. The van der Waals surface area contributed by atoms with Crippen LogP contribution in [0.3, 0.4) is 0 Å². The fraction of sp³-hybridized carbons (Fsp3) is 0.938. The van der Waals surface area contributed by atoms with Crippen molar-refractivity contribution in [2.24, 2.45) is 76.9 Å². The van der Waals surface area contributed by atoms with Gasteiger partial charge in [0.15, 0.2) is 0 Å². The molecule has 2 heteroatoms. The average Bonchev–Trinajstić information content (AvgIpc) is 3.04. The van der Waals surface area contributed by atoms with E-state index < -0.39 is 0 Å². The van der Waals surface area contributed by atoms with Crippen LogP contribution in [0, 0.1) is 76.9 Å². The third-order valence-electron chi connectivity index (χ3n) is 9.16. The lowest BCUT2D eigenvalue weighted by Gasteiger charge is -2.25. The van der Waals surface area contributed by atoms with Crippen molar-refractivity contribution in [2.75, 3.05) is 7.11 Å². The number of esters is 1. The zero-order chi connectivity index (χ0) is 11.5. The predicted octanol–water partition coefficient (Wildman–Crippen LogP) is 1.66. The molecule has 12 atom stereocenters. The predicted molar refractivity (Wildman–Crippen MR) is 62.0 cm³/mol. The number of carbonyl (C=O) groups excluding carboxylic acids is 1. The van der Waals surface area contributed by atoms with Crippen LogP contribution >= 0.6 is 0 Å². The maximum Gasteiger partial charge on any atom is 0.309 e. The van der Waals surface area contributed by atoms with Gasteiger partial charge in [-0.1, -0.05) is 0 Å². The van der Waals surface area contributed by atoms with Gasteiger partial charge >= 0.3 is 5.97 Å². The minimum absolute atomic E-state index is 0.154. The Bertz CT molecular complexity index is 457. The van der Waals surface area contributed by atoms with Gasteiger partial charge in [-0.05, 0) is 77.4 Å². The molecule has 8 aliphatic rings. The van der Waals surface area contributed by atoms with Gasteiger partial charge in [-0.25, -0.2) is 0 Å². The van der Waals surface area contributed by atoms with Crippen molar-refractivity contribution in [3.05, 3.63) is 0 Å². The number of methoxy groups -OCH3 is 1. The summed E-state index contributed by atoms with van der Waals surface area (Å²) in [6.07, 6.45) is 1.59. The first-order chi connectivity index (χ1) is 8.84. The van der Waals surface area contributed by atoms with Crippen molar-refractivity contribution in [3.8, 4) is 0 Å². The molecular weight excluding hydrogens is 224 g/mol. The third kappa shape index (κ3) is 0.488. The van der Waals surface area contributed by atoms with E-state index in [0.29, 0.717) is 5.92 Å². The summed E-state index contributed by atoms with van der Waals surface area (Å²) >= 11 is 0. The van der Waals surface area contributed by atoms with E-state index in [9.17, 15) is 4.79 Å². The largest absolute Gasteiger partial charge is 0.469 e. The molecule has 0 aromatic heterocycles. The van der Waals surface area contributed by atoms with Crippen LogP contribution in [0.5, 0.6) is 0 Å². The number of rotatable bonds is 1. The first-order valence-corrected chi connectivity index (χ1v) is 7.92. The summed E-state index contributed by atoms with van der Waals surface area (Å²) in [5.74, 6) is 12.4. The molecular formula is C16H18O2. The molecule has 94 valence electrons. The van der Waals surface area contributed by atoms with Crippen LogP contribution in [0.1, 0.15) is 6.42 Å². The van der Waals surface area contributed by atoms with E-state index in [4.69, 9.17) is 4.74 Å². The van der Waals surface area contributed by atoms with E-state index in [2.05, 4.69) is 0 Å². The van der Waals surface area contributed by atoms with Crippen LogP contribution in [-0.4, -0.2) is 13.1 Å². The molecule has 4 unspecified atom stereocenters. The standard InChI is InChI=1S/C16H18O2/c1-18-16(17)15-13-9-5-3-2-4-7(5)11(13)12-8(4)6(3)10(9)14(12)15/h3-15H,2H2,1H3/t3?,4?,5-,6+,7+,8-,9+,10-,11-,12+,13?,14?,15?. The SMILES string of the molecule is COC(=O)C1C2[C@@H]3[C@H]4C5CC6[C@H]4[C@H]2[C@@H]2C1[C@H]3[C@H]5[C@H]62. The molecule has 0 saturated heterocycles.